The van der Waals surface area contributed by atoms with E-state index >= 15 is 0 Å². The normalized spacial score (nSPS) is 31.5. The minimum Gasteiger partial charge on any atom is -0.399 e. The van der Waals surface area contributed by atoms with Gasteiger partial charge in [0.15, 0.2) is 0 Å². The number of halogens is 1. The van der Waals surface area contributed by atoms with Gasteiger partial charge in [-0.3, -0.25) is 0 Å². The Balaban J connectivity index is 1.74. The minimum absolute atomic E-state index is 0.540. The van der Waals surface area contributed by atoms with E-state index in [1.807, 2.05) is 18.2 Å². The fourth-order valence-electron chi connectivity index (χ4n) is 2.98. The maximum atomic E-state index is 6.19. The zero-order chi connectivity index (χ0) is 11.8. The molecule has 3 heterocycles. The predicted octanol–water partition coefficient (Wildman–Crippen LogP) is 2.43. The van der Waals surface area contributed by atoms with E-state index in [-0.39, 0.29) is 0 Å². The second-order valence-electron chi connectivity index (χ2n) is 5.13. The van der Waals surface area contributed by atoms with Crippen LogP contribution < -0.4 is 11.1 Å². The zero-order valence-electron chi connectivity index (χ0n) is 9.82. The van der Waals surface area contributed by atoms with Crippen LogP contribution in [0.4, 0.5) is 11.4 Å². The summed E-state index contributed by atoms with van der Waals surface area (Å²) >= 11 is 6.19. The molecule has 3 aliphatic heterocycles. The van der Waals surface area contributed by atoms with Crippen molar-refractivity contribution in [1.82, 2.24) is 4.90 Å². The Bertz CT molecular complexity index is 413. The molecule has 92 valence electrons. The molecule has 1 atom stereocenters. The van der Waals surface area contributed by atoms with Gasteiger partial charge < -0.3 is 16.0 Å². The number of hydrogen-bond acceptors (Lipinski definition) is 3. The maximum absolute atomic E-state index is 6.19. The predicted molar refractivity (Wildman–Crippen MR) is 72.4 cm³/mol. The lowest BCUT2D eigenvalue weighted by molar-refractivity contribution is 0.0975. The van der Waals surface area contributed by atoms with Crippen molar-refractivity contribution < 1.29 is 0 Å². The Hall–Kier alpha value is -0.930. The van der Waals surface area contributed by atoms with Gasteiger partial charge in [0.2, 0.25) is 0 Å². The number of fused-ring (bicyclic) bond motifs is 3. The van der Waals surface area contributed by atoms with E-state index in [4.69, 9.17) is 17.3 Å². The lowest BCUT2D eigenvalue weighted by Crippen LogP contribution is -2.53. The number of benzene rings is 1. The summed E-state index contributed by atoms with van der Waals surface area (Å²) in [6, 6.07) is 6.23. The number of nitrogens with one attached hydrogen (secondary N) is 1. The molecule has 0 radical (unpaired) electrons. The van der Waals surface area contributed by atoms with Gasteiger partial charge >= 0.3 is 0 Å². The fourth-order valence-corrected chi connectivity index (χ4v) is 3.22. The van der Waals surface area contributed by atoms with Crippen molar-refractivity contribution in [2.75, 3.05) is 30.7 Å². The topological polar surface area (TPSA) is 41.3 Å². The Kier molecular flexibility index (Phi) is 2.89. The van der Waals surface area contributed by atoms with E-state index in [0.717, 1.165) is 28.9 Å². The number of anilines is 2. The number of nitrogen functional groups attached to an aromatic ring is 1. The number of nitrogens with zero attached hydrogens (tertiary/aromatic N) is 1. The van der Waals surface area contributed by atoms with Crippen molar-refractivity contribution in [2.24, 2.45) is 5.92 Å². The summed E-state index contributed by atoms with van der Waals surface area (Å²) in [7, 11) is 0. The molecule has 4 rings (SSSR count). The van der Waals surface area contributed by atoms with E-state index in [1.165, 1.54) is 25.9 Å². The number of rotatable bonds is 2. The van der Waals surface area contributed by atoms with Crippen molar-refractivity contribution in [3.63, 3.8) is 0 Å². The Morgan fingerprint density at radius 3 is 2.65 bits per heavy atom. The third-order valence-corrected chi connectivity index (χ3v) is 4.30. The SMILES string of the molecule is Nc1ccc(NC2CN3CCC2CC3)c(Cl)c1. The van der Waals surface area contributed by atoms with Crippen LogP contribution in [0, 0.1) is 5.92 Å². The van der Waals surface area contributed by atoms with E-state index < -0.39 is 0 Å². The van der Waals surface area contributed by atoms with Crippen LogP contribution in [0.1, 0.15) is 12.8 Å². The van der Waals surface area contributed by atoms with Crippen LogP contribution in [0.25, 0.3) is 0 Å². The highest BCUT2D eigenvalue weighted by Crippen LogP contribution is 2.32. The highest BCUT2D eigenvalue weighted by Gasteiger charge is 2.34. The Morgan fingerprint density at radius 2 is 2.06 bits per heavy atom. The highest BCUT2D eigenvalue weighted by atomic mass is 35.5. The maximum Gasteiger partial charge on any atom is 0.0658 e. The lowest BCUT2D eigenvalue weighted by Gasteiger charge is -2.45. The summed E-state index contributed by atoms with van der Waals surface area (Å²) in [5, 5.41) is 4.30. The lowest BCUT2D eigenvalue weighted by atomic mass is 9.84. The van der Waals surface area contributed by atoms with Gasteiger partial charge in [-0.15, -0.1) is 0 Å². The largest absolute Gasteiger partial charge is 0.399 e. The molecule has 3 nitrogen and oxygen atoms in total. The summed E-state index contributed by atoms with van der Waals surface area (Å²) in [5.41, 5.74) is 7.43. The van der Waals surface area contributed by atoms with Crippen molar-refractivity contribution in [3.8, 4) is 0 Å². The van der Waals surface area contributed by atoms with Crippen LogP contribution >= 0.6 is 11.6 Å². The Morgan fingerprint density at radius 1 is 1.29 bits per heavy atom. The molecule has 0 aromatic heterocycles. The number of nitrogens with two attached hydrogens (primary N) is 1. The van der Waals surface area contributed by atoms with Gasteiger partial charge in [-0.2, -0.15) is 0 Å². The summed E-state index contributed by atoms with van der Waals surface area (Å²) in [6.07, 6.45) is 2.62. The molecular weight excluding hydrogens is 234 g/mol. The van der Waals surface area contributed by atoms with Crippen molar-refractivity contribution in [3.05, 3.63) is 23.2 Å². The molecule has 0 spiro atoms. The van der Waals surface area contributed by atoms with Crippen LogP contribution in [0.3, 0.4) is 0 Å². The summed E-state index contributed by atoms with van der Waals surface area (Å²) < 4.78 is 0. The quantitative estimate of drug-likeness (QED) is 0.794. The molecule has 1 aromatic rings. The molecule has 17 heavy (non-hydrogen) atoms. The smallest absolute Gasteiger partial charge is 0.0658 e. The van der Waals surface area contributed by atoms with Crippen molar-refractivity contribution in [2.45, 2.75) is 18.9 Å². The molecule has 0 aliphatic carbocycles. The molecule has 1 aromatic carbocycles. The zero-order valence-corrected chi connectivity index (χ0v) is 10.6. The first-order valence-corrected chi connectivity index (χ1v) is 6.64. The average Bonchev–Trinajstić information content (AvgIpc) is 2.34. The third kappa shape index (κ3) is 2.22. The van der Waals surface area contributed by atoms with Gasteiger partial charge in [0.05, 0.1) is 10.7 Å². The van der Waals surface area contributed by atoms with Gasteiger partial charge in [-0.1, -0.05) is 11.6 Å². The molecule has 4 heteroatoms. The van der Waals surface area contributed by atoms with Crippen LogP contribution in [0.15, 0.2) is 18.2 Å². The average molecular weight is 252 g/mol. The van der Waals surface area contributed by atoms with E-state index in [0.29, 0.717) is 6.04 Å². The molecule has 3 N–H and O–H groups in total. The van der Waals surface area contributed by atoms with Gasteiger partial charge in [0, 0.05) is 18.3 Å². The van der Waals surface area contributed by atoms with Crippen molar-refractivity contribution >= 4 is 23.0 Å². The van der Waals surface area contributed by atoms with Gasteiger partial charge in [-0.05, 0) is 50.0 Å². The van der Waals surface area contributed by atoms with Crippen molar-refractivity contribution in [1.29, 1.82) is 0 Å². The second kappa shape index (κ2) is 4.39. The monoisotopic (exact) mass is 251 g/mol. The van der Waals surface area contributed by atoms with Gasteiger partial charge in [0.25, 0.3) is 0 Å². The van der Waals surface area contributed by atoms with E-state index in [9.17, 15) is 0 Å². The molecule has 1 unspecified atom stereocenters. The van der Waals surface area contributed by atoms with E-state index in [1.54, 1.807) is 0 Å². The summed E-state index contributed by atoms with van der Waals surface area (Å²) in [6.45, 7) is 3.67. The molecule has 3 saturated heterocycles. The number of piperidine rings is 3. The van der Waals surface area contributed by atoms with Crippen LogP contribution in [-0.4, -0.2) is 30.6 Å². The second-order valence-corrected chi connectivity index (χ2v) is 5.54. The number of hydrogen-bond donors (Lipinski definition) is 2. The first-order valence-electron chi connectivity index (χ1n) is 6.26. The first-order chi connectivity index (χ1) is 8.22. The summed E-state index contributed by atoms with van der Waals surface area (Å²) in [4.78, 5) is 2.53. The molecule has 2 bridgehead atoms. The molecule has 0 saturated carbocycles. The molecule has 3 aliphatic rings. The van der Waals surface area contributed by atoms with E-state index in [2.05, 4.69) is 10.2 Å². The third-order valence-electron chi connectivity index (χ3n) is 3.99. The first kappa shape index (κ1) is 11.2. The van der Waals surface area contributed by atoms with Crippen LogP contribution in [0.2, 0.25) is 5.02 Å². The Labute approximate surface area is 107 Å². The minimum atomic E-state index is 0.540. The molecule has 0 amide bonds. The summed E-state index contributed by atoms with van der Waals surface area (Å²) in [5.74, 6) is 0.800. The van der Waals surface area contributed by atoms with Crippen LogP contribution in [0.5, 0.6) is 0 Å². The molecular formula is C13H18ClN3. The van der Waals surface area contributed by atoms with Gasteiger partial charge in [-0.25, -0.2) is 0 Å². The highest BCUT2D eigenvalue weighted by molar-refractivity contribution is 6.33. The van der Waals surface area contributed by atoms with Gasteiger partial charge in [0.1, 0.15) is 0 Å². The van der Waals surface area contributed by atoms with Crippen LogP contribution in [-0.2, 0) is 0 Å². The standard InChI is InChI=1S/C13H18ClN3/c14-11-7-10(15)1-2-12(11)16-13-8-17-5-3-9(13)4-6-17/h1-2,7,9,13,16H,3-6,8,15H2. The molecule has 3 fully saturated rings. The fraction of sp³-hybridized carbons (Fsp3) is 0.538.